The van der Waals surface area contributed by atoms with Crippen LogP contribution in [0.5, 0.6) is 0 Å². The Bertz CT molecular complexity index is 548. The van der Waals surface area contributed by atoms with Crippen LogP contribution in [0.4, 0.5) is 0 Å². The van der Waals surface area contributed by atoms with Gasteiger partial charge < -0.3 is 31.9 Å². The zero-order valence-electron chi connectivity index (χ0n) is 16.7. The van der Waals surface area contributed by atoms with Crippen molar-refractivity contribution < 1.29 is 29.4 Å². The average Bonchev–Trinajstić information content (AvgIpc) is 2.66. The Hall–Kier alpha value is -1.85. The monoisotopic (exact) mass is 420 g/mol. The molecular formula is C17H32N4O6S. The van der Waals surface area contributed by atoms with E-state index in [2.05, 4.69) is 16.0 Å². The zero-order chi connectivity index (χ0) is 21.9. The first-order valence-electron chi connectivity index (χ1n) is 9.08. The predicted molar refractivity (Wildman–Crippen MR) is 107 cm³/mol. The van der Waals surface area contributed by atoms with Gasteiger partial charge in [0.1, 0.15) is 18.1 Å². The quantitative estimate of drug-likeness (QED) is 0.213. The van der Waals surface area contributed by atoms with Gasteiger partial charge in [-0.3, -0.25) is 14.4 Å². The summed E-state index contributed by atoms with van der Waals surface area (Å²) < 4.78 is 0. The summed E-state index contributed by atoms with van der Waals surface area (Å²) >= 11 is 1.43. The van der Waals surface area contributed by atoms with E-state index in [0.717, 1.165) is 0 Å². The van der Waals surface area contributed by atoms with Crippen molar-refractivity contribution in [2.24, 2.45) is 11.7 Å². The SMILES string of the molecule is CCC(C)C(N)C(=O)NC(C)C(=O)NC(CO)C(=O)NC(CCSC)C(=O)O. The minimum absolute atomic E-state index is 0.0690. The molecule has 5 unspecified atom stereocenters. The number of carboxylic acids is 1. The largest absolute Gasteiger partial charge is 0.480 e. The number of aliphatic hydroxyl groups excluding tert-OH is 1. The minimum atomic E-state index is -1.34. The molecule has 0 bridgehead atoms. The normalized spacial score (nSPS) is 16.2. The lowest BCUT2D eigenvalue weighted by Gasteiger charge is -2.23. The van der Waals surface area contributed by atoms with Gasteiger partial charge in [0.15, 0.2) is 0 Å². The standard InChI is InChI=1S/C17H32N4O6S/c1-5-9(2)13(18)16(25)19-10(3)14(23)21-12(8-22)15(24)20-11(17(26)27)6-7-28-4/h9-13,22H,5-8,18H2,1-4H3,(H,19,25)(H,20,24)(H,21,23)(H,26,27). The number of hydrogen-bond acceptors (Lipinski definition) is 7. The Morgan fingerprint density at radius 1 is 1.00 bits per heavy atom. The van der Waals surface area contributed by atoms with Crippen LogP contribution in [0.2, 0.25) is 0 Å². The van der Waals surface area contributed by atoms with Crippen molar-refractivity contribution in [2.75, 3.05) is 18.6 Å². The molecule has 7 N–H and O–H groups in total. The summed E-state index contributed by atoms with van der Waals surface area (Å²) in [4.78, 5) is 47.7. The second kappa shape index (κ2) is 13.3. The van der Waals surface area contributed by atoms with Gasteiger partial charge in [0, 0.05) is 0 Å². The van der Waals surface area contributed by atoms with E-state index in [1.807, 2.05) is 13.8 Å². The molecule has 0 rings (SSSR count). The lowest BCUT2D eigenvalue weighted by Crippen LogP contribution is -2.57. The number of thioether (sulfide) groups is 1. The van der Waals surface area contributed by atoms with Crippen LogP contribution in [0, 0.1) is 5.92 Å². The van der Waals surface area contributed by atoms with E-state index in [9.17, 15) is 24.3 Å². The fraction of sp³-hybridized carbons (Fsp3) is 0.765. The lowest BCUT2D eigenvalue weighted by molar-refractivity contribution is -0.142. The lowest BCUT2D eigenvalue weighted by atomic mass is 9.99. The van der Waals surface area contributed by atoms with Crippen molar-refractivity contribution in [3.63, 3.8) is 0 Å². The predicted octanol–water partition coefficient (Wildman–Crippen LogP) is -1.34. The molecule has 0 saturated heterocycles. The fourth-order valence-corrected chi connectivity index (χ4v) is 2.62. The van der Waals surface area contributed by atoms with E-state index < -0.39 is 54.5 Å². The second-order valence-electron chi connectivity index (χ2n) is 6.57. The molecule has 0 saturated carbocycles. The summed E-state index contributed by atoms with van der Waals surface area (Å²) in [6.45, 7) is 4.40. The number of nitrogens with two attached hydrogens (primary N) is 1. The highest BCUT2D eigenvalue weighted by Crippen LogP contribution is 2.05. The topological polar surface area (TPSA) is 171 Å². The molecule has 0 spiro atoms. The molecule has 0 radical (unpaired) electrons. The molecule has 0 aliphatic rings. The van der Waals surface area contributed by atoms with E-state index in [1.54, 1.807) is 6.26 Å². The molecule has 28 heavy (non-hydrogen) atoms. The minimum Gasteiger partial charge on any atom is -0.480 e. The maximum Gasteiger partial charge on any atom is 0.326 e. The Morgan fingerprint density at radius 2 is 1.57 bits per heavy atom. The van der Waals surface area contributed by atoms with Gasteiger partial charge in [-0.15, -0.1) is 0 Å². The highest BCUT2D eigenvalue weighted by Gasteiger charge is 2.28. The van der Waals surface area contributed by atoms with Crippen molar-refractivity contribution >= 4 is 35.5 Å². The number of hydrogen-bond donors (Lipinski definition) is 6. The first-order valence-corrected chi connectivity index (χ1v) is 10.5. The summed E-state index contributed by atoms with van der Waals surface area (Å²) in [5.41, 5.74) is 5.81. The summed E-state index contributed by atoms with van der Waals surface area (Å²) in [5.74, 6) is -2.77. The molecule has 0 heterocycles. The van der Waals surface area contributed by atoms with Crippen LogP contribution in [0.1, 0.15) is 33.6 Å². The Balaban J connectivity index is 4.81. The zero-order valence-corrected chi connectivity index (χ0v) is 17.5. The van der Waals surface area contributed by atoms with Gasteiger partial charge in [0.2, 0.25) is 17.7 Å². The summed E-state index contributed by atoms with van der Waals surface area (Å²) in [6, 6.07) is -4.23. The number of rotatable bonds is 13. The molecule has 3 amide bonds. The van der Waals surface area contributed by atoms with Crippen molar-refractivity contribution in [2.45, 2.75) is 57.8 Å². The van der Waals surface area contributed by atoms with E-state index in [-0.39, 0.29) is 12.3 Å². The van der Waals surface area contributed by atoms with Gasteiger partial charge >= 0.3 is 5.97 Å². The first kappa shape index (κ1) is 26.1. The third-order valence-electron chi connectivity index (χ3n) is 4.35. The molecule has 0 aromatic heterocycles. The van der Waals surface area contributed by atoms with Crippen LogP contribution in [-0.2, 0) is 19.2 Å². The van der Waals surface area contributed by atoms with E-state index in [0.29, 0.717) is 12.2 Å². The van der Waals surface area contributed by atoms with Crippen LogP contribution in [-0.4, -0.2) is 76.7 Å². The van der Waals surface area contributed by atoms with Gasteiger partial charge in [-0.1, -0.05) is 20.3 Å². The highest BCUT2D eigenvalue weighted by atomic mass is 32.2. The Kier molecular flexibility index (Phi) is 12.5. The van der Waals surface area contributed by atoms with Gasteiger partial charge in [-0.25, -0.2) is 4.79 Å². The first-order chi connectivity index (χ1) is 13.1. The number of aliphatic hydroxyl groups is 1. The highest BCUT2D eigenvalue weighted by molar-refractivity contribution is 7.98. The molecule has 0 aliphatic heterocycles. The number of carbonyl (C=O) groups is 4. The molecule has 0 aromatic rings. The number of carboxylic acid groups (broad SMARTS) is 1. The molecular weight excluding hydrogens is 388 g/mol. The molecule has 0 aliphatic carbocycles. The fourth-order valence-electron chi connectivity index (χ4n) is 2.14. The number of aliphatic carboxylic acids is 1. The average molecular weight is 421 g/mol. The van der Waals surface area contributed by atoms with Gasteiger partial charge in [-0.05, 0) is 31.3 Å². The second-order valence-corrected chi connectivity index (χ2v) is 7.55. The number of carbonyl (C=O) groups excluding carboxylic acids is 3. The Labute approximate surface area is 169 Å². The van der Waals surface area contributed by atoms with Crippen molar-refractivity contribution in [3.05, 3.63) is 0 Å². The molecule has 10 nitrogen and oxygen atoms in total. The maximum atomic E-state index is 12.2. The van der Waals surface area contributed by atoms with E-state index in [1.165, 1.54) is 18.7 Å². The third-order valence-corrected chi connectivity index (χ3v) is 5.00. The summed E-state index contributed by atoms with van der Waals surface area (Å²) in [7, 11) is 0. The molecule has 0 fully saturated rings. The summed E-state index contributed by atoms with van der Waals surface area (Å²) in [6.07, 6.45) is 2.71. The van der Waals surface area contributed by atoms with Crippen LogP contribution in [0.3, 0.4) is 0 Å². The van der Waals surface area contributed by atoms with Gasteiger partial charge in [0.05, 0.1) is 12.6 Å². The summed E-state index contributed by atoms with van der Waals surface area (Å²) in [5, 5.41) is 25.6. The van der Waals surface area contributed by atoms with Gasteiger partial charge in [-0.2, -0.15) is 11.8 Å². The molecule has 162 valence electrons. The van der Waals surface area contributed by atoms with Crippen molar-refractivity contribution in [1.29, 1.82) is 0 Å². The van der Waals surface area contributed by atoms with E-state index >= 15 is 0 Å². The molecule has 0 aromatic carbocycles. The van der Waals surface area contributed by atoms with Gasteiger partial charge in [0.25, 0.3) is 0 Å². The van der Waals surface area contributed by atoms with Crippen molar-refractivity contribution in [3.8, 4) is 0 Å². The van der Waals surface area contributed by atoms with Crippen molar-refractivity contribution in [1.82, 2.24) is 16.0 Å². The van der Waals surface area contributed by atoms with Crippen LogP contribution < -0.4 is 21.7 Å². The van der Waals surface area contributed by atoms with Crippen LogP contribution in [0.25, 0.3) is 0 Å². The number of amides is 3. The number of nitrogens with one attached hydrogen (secondary N) is 3. The Morgan fingerprint density at radius 3 is 2.04 bits per heavy atom. The van der Waals surface area contributed by atoms with Crippen LogP contribution >= 0.6 is 11.8 Å². The van der Waals surface area contributed by atoms with Crippen LogP contribution in [0.15, 0.2) is 0 Å². The van der Waals surface area contributed by atoms with E-state index in [4.69, 9.17) is 10.8 Å². The molecule has 5 atom stereocenters. The maximum absolute atomic E-state index is 12.2. The smallest absolute Gasteiger partial charge is 0.326 e. The molecule has 11 heteroatoms. The third kappa shape index (κ3) is 8.89.